The molecule has 0 unspecified atom stereocenters. The highest BCUT2D eigenvalue weighted by Crippen LogP contribution is 2.40. The van der Waals surface area contributed by atoms with E-state index in [0.717, 1.165) is 20.3 Å². The van der Waals surface area contributed by atoms with Crippen LogP contribution in [-0.4, -0.2) is 76.7 Å². The molecule has 0 radical (unpaired) electrons. The number of aromatic nitrogens is 2. The fraction of sp³-hybridized carbons (Fsp3) is 0.500. The van der Waals surface area contributed by atoms with Gasteiger partial charge in [0.25, 0.3) is 0 Å². The average molecular weight is 594 g/mol. The summed E-state index contributed by atoms with van der Waals surface area (Å²) in [4.78, 5) is 37.3. The van der Waals surface area contributed by atoms with Crippen molar-refractivity contribution in [2.24, 2.45) is 5.92 Å². The minimum absolute atomic E-state index is 0.0120. The number of ether oxygens (including phenoxy) is 1. The van der Waals surface area contributed by atoms with Crippen LogP contribution in [-0.2, 0) is 14.3 Å². The van der Waals surface area contributed by atoms with Crippen molar-refractivity contribution < 1.29 is 32.6 Å². The minimum atomic E-state index is -4.70. The summed E-state index contributed by atoms with van der Waals surface area (Å²) in [6.07, 6.45) is -2.82. The van der Waals surface area contributed by atoms with Gasteiger partial charge in [-0.25, -0.2) is 9.97 Å². The lowest BCUT2D eigenvalue weighted by molar-refractivity contribution is -0.191. The Labute approximate surface area is 240 Å². The molecule has 2 N–H and O–H groups in total. The second-order valence-electron chi connectivity index (χ2n) is 10.1. The number of aliphatic hydroxyl groups is 1. The van der Waals surface area contributed by atoms with Gasteiger partial charge in [0, 0.05) is 50.8 Å². The van der Waals surface area contributed by atoms with E-state index in [1.54, 1.807) is 13.3 Å². The third-order valence-electron chi connectivity index (χ3n) is 7.41. The summed E-state index contributed by atoms with van der Waals surface area (Å²) in [5.41, 5.74) is 2.62. The van der Waals surface area contributed by atoms with Crippen LogP contribution in [0.3, 0.4) is 0 Å². The van der Waals surface area contributed by atoms with Gasteiger partial charge in [0.1, 0.15) is 10.3 Å². The number of carbonyl (C=O) groups is 2. The second-order valence-corrected chi connectivity index (χ2v) is 11.3. The number of fused-ring (bicyclic) bond motifs is 1. The number of alkyl halides is 3. The van der Waals surface area contributed by atoms with Crippen LogP contribution >= 0.6 is 11.3 Å². The van der Waals surface area contributed by atoms with Gasteiger partial charge >= 0.3 is 6.18 Å². The fourth-order valence-electron chi connectivity index (χ4n) is 5.21. The lowest BCUT2D eigenvalue weighted by Gasteiger charge is -2.36. The van der Waals surface area contributed by atoms with Crippen molar-refractivity contribution in [1.82, 2.24) is 19.8 Å². The number of carbonyl (C=O) groups excluding carboxylic acids is 2. The molecule has 2 aromatic heterocycles. The van der Waals surface area contributed by atoms with E-state index < -0.39 is 24.0 Å². The number of piperidine rings is 1. The highest BCUT2D eigenvalue weighted by molar-refractivity contribution is 7.18. The number of pyridine rings is 1. The molecule has 1 aromatic carbocycles. The number of nitrogens with one attached hydrogen (secondary N) is 1. The third-order valence-corrected chi connectivity index (χ3v) is 8.28. The summed E-state index contributed by atoms with van der Waals surface area (Å²) in [5, 5.41) is 13.1. The maximum Gasteiger partial charge on any atom is 0.413 e. The van der Waals surface area contributed by atoms with Crippen molar-refractivity contribution in [1.29, 1.82) is 0 Å². The number of hydrogen-bond acceptors (Lipinski definition) is 8. The molecule has 1 fully saturated rings. The molecule has 3 aromatic rings. The monoisotopic (exact) mass is 593 g/mol. The number of thiazole rings is 1. The first-order chi connectivity index (χ1) is 19.4. The number of benzene rings is 1. The molecule has 41 heavy (non-hydrogen) atoms. The van der Waals surface area contributed by atoms with Gasteiger partial charge in [-0.15, -0.1) is 0 Å². The Kier molecular flexibility index (Phi) is 9.50. The van der Waals surface area contributed by atoms with Gasteiger partial charge in [0.05, 0.1) is 29.6 Å². The van der Waals surface area contributed by atoms with Crippen molar-refractivity contribution in [2.45, 2.75) is 51.4 Å². The summed E-state index contributed by atoms with van der Waals surface area (Å²) < 4.78 is 48.5. The zero-order valence-electron chi connectivity index (χ0n) is 23.4. The number of halogens is 3. The fourth-order valence-corrected chi connectivity index (χ4v) is 5.98. The van der Waals surface area contributed by atoms with Gasteiger partial charge < -0.3 is 25.0 Å². The van der Waals surface area contributed by atoms with E-state index in [1.807, 2.05) is 13.8 Å². The summed E-state index contributed by atoms with van der Waals surface area (Å²) >= 11 is 1.46. The molecule has 3 heterocycles. The Morgan fingerprint density at radius 3 is 2.49 bits per heavy atom. The Hall–Kier alpha value is -3.29. The van der Waals surface area contributed by atoms with Gasteiger partial charge in [0.2, 0.25) is 11.8 Å². The maximum absolute atomic E-state index is 14.3. The molecule has 0 aliphatic carbocycles. The number of nitrogens with zero attached hydrogens (tertiary/aromatic N) is 4. The molecule has 1 aliphatic heterocycles. The number of rotatable bonds is 9. The summed E-state index contributed by atoms with van der Waals surface area (Å²) in [6, 6.07) is 3.67. The van der Waals surface area contributed by atoms with E-state index in [9.17, 15) is 22.8 Å². The molecule has 2 atom stereocenters. The Bertz CT molecular complexity index is 1370. The number of likely N-dealkylation sites (tertiary alicyclic amines) is 1. The first-order valence-corrected chi connectivity index (χ1v) is 14.1. The summed E-state index contributed by atoms with van der Waals surface area (Å²) in [6.45, 7) is 4.04. The molecule has 4 rings (SSSR count). The van der Waals surface area contributed by atoms with Gasteiger partial charge in [-0.05, 0) is 44.4 Å². The predicted octanol–water partition coefficient (Wildman–Crippen LogP) is 5.13. The molecule has 0 spiro atoms. The molecule has 1 saturated heterocycles. The summed E-state index contributed by atoms with van der Waals surface area (Å²) in [7, 11) is 2.76. The van der Waals surface area contributed by atoms with Crippen molar-refractivity contribution in [3.8, 4) is 0 Å². The zero-order chi connectivity index (χ0) is 29.9. The van der Waals surface area contributed by atoms with E-state index in [0.29, 0.717) is 16.9 Å². The third kappa shape index (κ3) is 6.79. The highest BCUT2D eigenvalue weighted by Gasteiger charge is 2.46. The number of methoxy groups -OCH3 is 1. The number of aryl methyl sites for hydroxylation is 1. The molecule has 1 aliphatic rings. The zero-order valence-corrected chi connectivity index (χ0v) is 24.2. The lowest BCUT2D eigenvalue weighted by Crippen LogP contribution is -2.46. The Balaban J connectivity index is 1.52. The van der Waals surface area contributed by atoms with Crippen LogP contribution in [0.5, 0.6) is 0 Å². The topological polar surface area (TPSA) is 108 Å². The van der Waals surface area contributed by atoms with Crippen LogP contribution in [0, 0.1) is 12.8 Å². The van der Waals surface area contributed by atoms with Gasteiger partial charge in [-0.2, -0.15) is 13.2 Å². The van der Waals surface area contributed by atoms with Crippen LogP contribution in [0.25, 0.3) is 10.3 Å². The smallest absolute Gasteiger partial charge is 0.396 e. The van der Waals surface area contributed by atoms with Crippen molar-refractivity contribution in [3.05, 3.63) is 46.6 Å². The second kappa shape index (κ2) is 12.7. The standard InChI is InChI=1S/C28H34F3N5O4S/c1-16(40-4)23-21(15-32-26-24(23)33-17(2)41-26)34-20-7-5-18(6-8-20)25(28(29,30)31)35(3)27(39)19-9-12-36(13-10-19)22(38)11-14-37/h5-8,15-16,19,25,34,37H,9-14H2,1-4H3/t16-,25-/m0/s1. The molecule has 9 nitrogen and oxygen atoms in total. The quantitative estimate of drug-likeness (QED) is 0.354. The van der Waals surface area contributed by atoms with Crippen molar-refractivity contribution >= 4 is 44.9 Å². The van der Waals surface area contributed by atoms with E-state index in [1.165, 1.54) is 47.5 Å². The van der Waals surface area contributed by atoms with E-state index >= 15 is 0 Å². The maximum atomic E-state index is 14.3. The Morgan fingerprint density at radius 2 is 1.90 bits per heavy atom. The van der Waals surface area contributed by atoms with Crippen LogP contribution in [0.15, 0.2) is 30.5 Å². The van der Waals surface area contributed by atoms with Gasteiger partial charge in [0.15, 0.2) is 6.04 Å². The largest absolute Gasteiger partial charge is 0.413 e. The molecule has 13 heteroatoms. The average Bonchev–Trinajstić information content (AvgIpc) is 3.32. The lowest BCUT2D eigenvalue weighted by atomic mass is 9.93. The van der Waals surface area contributed by atoms with Crippen molar-refractivity contribution in [2.75, 3.05) is 39.2 Å². The normalized spacial score (nSPS) is 16.0. The SMILES string of the molecule is CO[C@@H](C)c1c(Nc2ccc([C@H](N(C)C(=O)C3CCN(C(=O)CCO)CC3)C(F)(F)F)cc2)cnc2sc(C)nc12. The molecule has 0 saturated carbocycles. The number of amides is 2. The van der Waals surface area contributed by atoms with E-state index in [-0.39, 0.29) is 56.5 Å². The molecule has 0 bridgehead atoms. The van der Waals surface area contributed by atoms with E-state index in [4.69, 9.17) is 9.84 Å². The summed E-state index contributed by atoms with van der Waals surface area (Å²) in [5.74, 6) is -1.46. The minimum Gasteiger partial charge on any atom is -0.396 e. The molecule has 222 valence electrons. The van der Waals surface area contributed by atoms with Crippen LogP contribution in [0.4, 0.5) is 24.5 Å². The predicted molar refractivity (Wildman–Crippen MR) is 150 cm³/mol. The first-order valence-electron chi connectivity index (χ1n) is 13.3. The van der Waals surface area contributed by atoms with Crippen LogP contribution in [0.1, 0.15) is 54.5 Å². The number of anilines is 2. The molecule has 2 amide bonds. The number of aliphatic hydroxyl groups excluding tert-OH is 1. The van der Waals surface area contributed by atoms with E-state index in [2.05, 4.69) is 15.3 Å². The van der Waals surface area contributed by atoms with Gasteiger partial charge in [-0.3, -0.25) is 9.59 Å². The molecular formula is C28H34F3N5O4S. The highest BCUT2D eigenvalue weighted by atomic mass is 32.1. The van der Waals surface area contributed by atoms with Crippen LogP contribution in [0.2, 0.25) is 0 Å². The molecular weight excluding hydrogens is 559 g/mol. The first kappa shape index (κ1) is 30.7. The van der Waals surface area contributed by atoms with Gasteiger partial charge in [-0.1, -0.05) is 23.5 Å². The van der Waals surface area contributed by atoms with Crippen molar-refractivity contribution in [3.63, 3.8) is 0 Å². The Morgan fingerprint density at radius 1 is 1.24 bits per heavy atom. The van der Waals surface area contributed by atoms with Crippen LogP contribution < -0.4 is 5.32 Å². The number of hydrogen-bond donors (Lipinski definition) is 2.